The number of aromatic nitrogens is 2. The van der Waals surface area contributed by atoms with Crippen molar-refractivity contribution in [3.8, 4) is 11.5 Å². The lowest BCUT2D eigenvalue weighted by atomic mass is 10.2. The van der Waals surface area contributed by atoms with Gasteiger partial charge < -0.3 is 9.47 Å². The van der Waals surface area contributed by atoms with E-state index >= 15 is 0 Å². The van der Waals surface area contributed by atoms with Crippen LogP contribution >= 0.6 is 15.9 Å². The number of ether oxygens (including phenoxy) is 2. The normalized spacial score (nSPS) is 10.6. The fraction of sp³-hybridized carbons (Fsp3) is 0.333. The van der Waals surface area contributed by atoms with Crippen LogP contribution in [0.1, 0.15) is 0 Å². The highest BCUT2D eigenvalue weighted by molar-refractivity contribution is 9.09. The maximum absolute atomic E-state index is 12.2. The van der Waals surface area contributed by atoms with Crippen LogP contribution in [0.3, 0.4) is 0 Å². The highest BCUT2D eigenvalue weighted by Crippen LogP contribution is 2.29. The molecular weight excluding hydrogens is 300 g/mol. The van der Waals surface area contributed by atoms with Crippen LogP contribution in [0.5, 0.6) is 11.5 Å². The molecule has 6 heteroatoms. The van der Waals surface area contributed by atoms with Crippen molar-refractivity contribution >= 4 is 26.8 Å². The molecule has 18 heavy (non-hydrogen) atoms. The van der Waals surface area contributed by atoms with Crippen LogP contribution in [0, 0.1) is 0 Å². The van der Waals surface area contributed by atoms with E-state index in [1.165, 1.54) is 13.4 Å². The molecule has 0 saturated carbocycles. The van der Waals surface area contributed by atoms with Gasteiger partial charge >= 0.3 is 0 Å². The van der Waals surface area contributed by atoms with Gasteiger partial charge in [0.15, 0.2) is 11.5 Å². The second kappa shape index (κ2) is 5.39. The van der Waals surface area contributed by atoms with Crippen LogP contribution in [0.15, 0.2) is 23.3 Å². The van der Waals surface area contributed by atoms with Crippen molar-refractivity contribution in [1.29, 1.82) is 0 Å². The molecule has 0 aliphatic carbocycles. The van der Waals surface area contributed by atoms with Crippen LogP contribution in [0.25, 0.3) is 10.9 Å². The molecule has 2 aromatic rings. The molecule has 1 aromatic heterocycles. The first-order valence-electron chi connectivity index (χ1n) is 5.38. The van der Waals surface area contributed by atoms with Crippen LogP contribution in [-0.2, 0) is 6.54 Å². The fourth-order valence-corrected chi connectivity index (χ4v) is 2.12. The Kier molecular flexibility index (Phi) is 3.86. The van der Waals surface area contributed by atoms with Crippen LogP contribution in [0.2, 0.25) is 0 Å². The Morgan fingerprint density at radius 2 is 1.94 bits per heavy atom. The number of aryl methyl sites for hydroxylation is 1. The van der Waals surface area contributed by atoms with Gasteiger partial charge in [-0.25, -0.2) is 4.98 Å². The monoisotopic (exact) mass is 312 g/mol. The van der Waals surface area contributed by atoms with Crippen molar-refractivity contribution < 1.29 is 9.47 Å². The zero-order valence-corrected chi connectivity index (χ0v) is 11.7. The van der Waals surface area contributed by atoms with E-state index in [1.54, 1.807) is 23.8 Å². The average Bonchev–Trinajstić information content (AvgIpc) is 2.41. The van der Waals surface area contributed by atoms with Gasteiger partial charge in [0, 0.05) is 17.9 Å². The van der Waals surface area contributed by atoms with Gasteiger partial charge in [-0.05, 0) is 6.07 Å². The second-order valence-electron chi connectivity index (χ2n) is 3.66. The van der Waals surface area contributed by atoms with E-state index in [4.69, 9.17) is 9.47 Å². The molecule has 0 spiro atoms. The largest absolute Gasteiger partial charge is 0.493 e. The van der Waals surface area contributed by atoms with Crippen LogP contribution < -0.4 is 15.0 Å². The molecule has 0 aliphatic heterocycles. The fourth-order valence-electron chi connectivity index (χ4n) is 1.74. The number of nitrogens with zero attached hydrogens (tertiary/aromatic N) is 2. The Bertz CT molecular complexity index is 624. The van der Waals surface area contributed by atoms with Gasteiger partial charge in [-0.1, -0.05) is 15.9 Å². The third-order valence-electron chi connectivity index (χ3n) is 2.65. The molecule has 0 N–H and O–H groups in total. The number of benzene rings is 1. The predicted molar refractivity (Wildman–Crippen MR) is 72.9 cm³/mol. The summed E-state index contributed by atoms with van der Waals surface area (Å²) in [7, 11) is 3.09. The molecule has 0 atom stereocenters. The number of methoxy groups -OCH3 is 2. The minimum Gasteiger partial charge on any atom is -0.493 e. The van der Waals surface area contributed by atoms with E-state index in [-0.39, 0.29) is 5.56 Å². The zero-order valence-electron chi connectivity index (χ0n) is 10.1. The van der Waals surface area contributed by atoms with Crippen LogP contribution in [0.4, 0.5) is 0 Å². The Balaban J connectivity index is 2.70. The maximum Gasteiger partial charge on any atom is 0.261 e. The van der Waals surface area contributed by atoms with Gasteiger partial charge in [0.25, 0.3) is 5.56 Å². The van der Waals surface area contributed by atoms with E-state index in [9.17, 15) is 4.79 Å². The zero-order chi connectivity index (χ0) is 13.1. The number of hydrogen-bond acceptors (Lipinski definition) is 4. The highest BCUT2D eigenvalue weighted by Gasteiger charge is 2.10. The van der Waals surface area contributed by atoms with E-state index in [0.29, 0.717) is 34.3 Å². The summed E-state index contributed by atoms with van der Waals surface area (Å²) < 4.78 is 11.9. The van der Waals surface area contributed by atoms with Gasteiger partial charge in [0.2, 0.25) is 0 Å². The second-order valence-corrected chi connectivity index (χ2v) is 4.45. The van der Waals surface area contributed by atoms with Crippen molar-refractivity contribution in [3.63, 3.8) is 0 Å². The molecule has 0 unspecified atom stereocenters. The van der Waals surface area contributed by atoms with Crippen molar-refractivity contribution in [2.45, 2.75) is 6.54 Å². The third-order valence-corrected chi connectivity index (χ3v) is 3.01. The molecule has 0 amide bonds. The minimum atomic E-state index is -0.0830. The first-order valence-corrected chi connectivity index (χ1v) is 6.50. The quantitative estimate of drug-likeness (QED) is 0.808. The summed E-state index contributed by atoms with van der Waals surface area (Å²) in [6, 6.07) is 3.36. The smallest absolute Gasteiger partial charge is 0.261 e. The Labute approximate surface area is 112 Å². The Morgan fingerprint density at radius 3 is 2.56 bits per heavy atom. The van der Waals surface area contributed by atoms with Crippen molar-refractivity contribution in [2.24, 2.45) is 0 Å². The lowest BCUT2D eigenvalue weighted by Crippen LogP contribution is -2.21. The molecule has 96 valence electrons. The number of rotatable bonds is 4. The van der Waals surface area contributed by atoms with Crippen molar-refractivity contribution in [1.82, 2.24) is 9.55 Å². The van der Waals surface area contributed by atoms with Gasteiger partial charge in [-0.3, -0.25) is 9.36 Å². The summed E-state index contributed by atoms with van der Waals surface area (Å²) in [4.78, 5) is 16.4. The lowest BCUT2D eigenvalue weighted by Gasteiger charge is -2.09. The first-order chi connectivity index (χ1) is 8.71. The standard InChI is InChI=1S/C12H13BrN2O3/c1-17-10-5-8-9(6-11(10)18-2)14-7-15(4-3-13)12(8)16/h5-7H,3-4H2,1-2H3. The number of fused-ring (bicyclic) bond motifs is 1. The maximum atomic E-state index is 12.2. The number of hydrogen-bond donors (Lipinski definition) is 0. The molecule has 0 saturated heterocycles. The molecule has 0 aliphatic rings. The number of alkyl halides is 1. The average molecular weight is 313 g/mol. The molecule has 1 heterocycles. The van der Waals surface area contributed by atoms with E-state index < -0.39 is 0 Å². The summed E-state index contributed by atoms with van der Waals surface area (Å²) in [6.45, 7) is 0.579. The van der Waals surface area contributed by atoms with E-state index in [1.807, 2.05) is 0 Å². The number of halogens is 1. The summed E-state index contributed by atoms with van der Waals surface area (Å²) in [6.07, 6.45) is 1.54. The van der Waals surface area contributed by atoms with Crippen molar-refractivity contribution in [2.75, 3.05) is 19.5 Å². The molecule has 0 fully saturated rings. The van der Waals surface area contributed by atoms with Gasteiger partial charge in [-0.2, -0.15) is 0 Å². The summed E-state index contributed by atoms with van der Waals surface area (Å²) in [5.74, 6) is 1.09. The molecule has 0 bridgehead atoms. The lowest BCUT2D eigenvalue weighted by molar-refractivity contribution is 0.355. The molecular formula is C12H13BrN2O3. The SMILES string of the molecule is COc1cc2ncn(CCBr)c(=O)c2cc1OC. The minimum absolute atomic E-state index is 0.0830. The van der Waals surface area contributed by atoms with Gasteiger partial charge in [0.05, 0.1) is 31.4 Å². The van der Waals surface area contributed by atoms with Gasteiger partial charge in [0.1, 0.15) is 0 Å². The topological polar surface area (TPSA) is 53.4 Å². The molecule has 5 nitrogen and oxygen atoms in total. The summed E-state index contributed by atoms with van der Waals surface area (Å²) in [5, 5.41) is 1.23. The molecule has 0 radical (unpaired) electrons. The predicted octanol–water partition coefficient (Wildman–Crippen LogP) is 1.81. The van der Waals surface area contributed by atoms with Crippen molar-refractivity contribution in [3.05, 3.63) is 28.8 Å². The Morgan fingerprint density at radius 1 is 1.28 bits per heavy atom. The first kappa shape index (κ1) is 12.9. The third kappa shape index (κ3) is 2.20. The highest BCUT2D eigenvalue weighted by atomic mass is 79.9. The van der Waals surface area contributed by atoms with Crippen LogP contribution in [-0.4, -0.2) is 29.1 Å². The van der Waals surface area contributed by atoms with E-state index in [0.717, 1.165) is 0 Å². The molecule has 1 aromatic carbocycles. The van der Waals surface area contributed by atoms with E-state index in [2.05, 4.69) is 20.9 Å². The molecule has 2 rings (SSSR count). The summed E-state index contributed by atoms with van der Waals surface area (Å²) in [5.41, 5.74) is 0.517. The van der Waals surface area contributed by atoms with Gasteiger partial charge in [-0.15, -0.1) is 0 Å². The summed E-state index contributed by atoms with van der Waals surface area (Å²) >= 11 is 3.30. The Hall–Kier alpha value is -1.56.